The van der Waals surface area contributed by atoms with E-state index in [9.17, 15) is 5.11 Å². The smallest absolute Gasteiger partial charge is 0.0577 e. The maximum Gasteiger partial charge on any atom is 0.0577 e. The summed E-state index contributed by atoms with van der Waals surface area (Å²) in [5.74, 6) is 5.70. The molecule has 0 heterocycles. The molecule has 1 heteroatoms. The first-order valence-electron chi connectivity index (χ1n) is 13.3. The molecule has 9 atom stereocenters. The summed E-state index contributed by atoms with van der Waals surface area (Å²) in [7, 11) is 0. The van der Waals surface area contributed by atoms with Crippen molar-refractivity contribution in [2.75, 3.05) is 0 Å². The van der Waals surface area contributed by atoms with Crippen LogP contribution in [0.1, 0.15) is 99.3 Å². The summed E-state index contributed by atoms with van der Waals surface area (Å²) >= 11 is 0. The Morgan fingerprint density at radius 1 is 1.03 bits per heavy atom. The van der Waals surface area contributed by atoms with Crippen LogP contribution < -0.4 is 0 Å². The molecule has 0 aromatic carbocycles. The fourth-order valence-corrected chi connectivity index (χ4v) is 8.83. The number of allylic oxidation sites excluding steroid dienone is 3. The standard InChI is InChI=1S/C29H48O/c1-7-21(19(2)3)9-8-20(4)25-12-13-26-24-11-10-22-18-23(30)14-16-28(22,5)27(24)15-17-29(25,26)6/h8-10,19-21,23-27,30H,7,11-18H2,1-6H3/b9-8+/t20-,21?,23?,24?,25?,26?,27?,28?,29?/m1/s1. The van der Waals surface area contributed by atoms with Gasteiger partial charge in [-0.05, 0) is 110 Å². The molecule has 4 rings (SSSR count). The van der Waals surface area contributed by atoms with Gasteiger partial charge in [0.05, 0.1) is 6.10 Å². The van der Waals surface area contributed by atoms with Crippen molar-refractivity contribution in [3.63, 3.8) is 0 Å². The average molecular weight is 413 g/mol. The molecule has 170 valence electrons. The zero-order chi connectivity index (χ0) is 21.7. The van der Waals surface area contributed by atoms with E-state index in [-0.39, 0.29) is 6.10 Å². The number of aliphatic hydroxyl groups excluding tert-OH is 1. The molecular formula is C29H48O. The molecule has 0 saturated heterocycles. The lowest BCUT2D eigenvalue weighted by atomic mass is 9.47. The van der Waals surface area contributed by atoms with Gasteiger partial charge < -0.3 is 5.11 Å². The molecule has 0 aromatic rings. The summed E-state index contributed by atoms with van der Waals surface area (Å²) in [5.41, 5.74) is 2.51. The molecule has 1 N–H and O–H groups in total. The van der Waals surface area contributed by atoms with Gasteiger partial charge in [-0.15, -0.1) is 0 Å². The molecular weight excluding hydrogens is 364 g/mol. The number of fused-ring (bicyclic) bond motifs is 5. The van der Waals surface area contributed by atoms with Gasteiger partial charge in [0.1, 0.15) is 0 Å². The maximum absolute atomic E-state index is 10.2. The van der Waals surface area contributed by atoms with Gasteiger partial charge in [0, 0.05) is 0 Å². The van der Waals surface area contributed by atoms with Gasteiger partial charge in [-0.1, -0.05) is 65.3 Å². The minimum atomic E-state index is -0.0870. The predicted molar refractivity (Wildman–Crippen MR) is 128 cm³/mol. The molecule has 0 spiro atoms. The molecule has 1 nitrogen and oxygen atoms in total. The second-order valence-corrected chi connectivity index (χ2v) is 12.4. The molecule has 8 unspecified atom stereocenters. The minimum absolute atomic E-state index is 0.0870. The highest BCUT2D eigenvalue weighted by molar-refractivity contribution is 5.25. The molecule has 30 heavy (non-hydrogen) atoms. The normalized spacial score (nSPS) is 45.6. The van der Waals surface area contributed by atoms with E-state index in [1.807, 2.05) is 0 Å². The van der Waals surface area contributed by atoms with Crippen LogP contribution in [0.5, 0.6) is 0 Å². The van der Waals surface area contributed by atoms with Gasteiger partial charge >= 0.3 is 0 Å². The third-order valence-corrected chi connectivity index (χ3v) is 10.8. The highest BCUT2D eigenvalue weighted by atomic mass is 16.3. The highest BCUT2D eigenvalue weighted by Gasteiger charge is 2.58. The molecule has 4 aliphatic carbocycles. The van der Waals surface area contributed by atoms with Crippen LogP contribution in [0.25, 0.3) is 0 Å². The van der Waals surface area contributed by atoms with Crippen LogP contribution in [0.2, 0.25) is 0 Å². The first kappa shape index (κ1) is 22.6. The summed E-state index contributed by atoms with van der Waals surface area (Å²) in [4.78, 5) is 0. The Kier molecular flexibility index (Phi) is 6.35. The van der Waals surface area contributed by atoms with Crippen molar-refractivity contribution in [2.45, 2.75) is 105 Å². The summed E-state index contributed by atoms with van der Waals surface area (Å²) in [6.45, 7) is 14.8. The Bertz CT molecular complexity index is 674. The second-order valence-electron chi connectivity index (χ2n) is 12.4. The first-order valence-corrected chi connectivity index (χ1v) is 13.3. The number of rotatable bonds is 5. The third-order valence-electron chi connectivity index (χ3n) is 10.8. The van der Waals surface area contributed by atoms with Gasteiger partial charge in [0.25, 0.3) is 0 Å². The van der Waals surface area contributed by atoms with Crippen molar-refractivity contribution >= 4 is 0 Å². The van der Waals surface area contributed by atoms with E-state index in [0.717, 1.165) is 48.3 Å². The van der Waals surface area contributed by atoms with Crippen LogP contribution in [-0.4, -0.2) is 11.2 Å². The molecule has 3 fully saturated rings. The fourth-order valence-electron chi connectivity index (χ4n) is 8.83. The van der Waals surface area contributed by atoms with Crippen molar-refractivity contribution in [1.29, 1.82) is 0 Å². The van der Waals surface area contributed by atoms with Crippen LogP contribution in [0.3, 0.4) is 0 Å². The van der Waals surface area contributed by atoms with Crippen molar-refractivity contribution < 1.29 is 5.11 Å². The van der Waals surface area contributed by atoms with E-state index in [4.69, 9.17) is 0 Å². The van der Waals surface area contributed by atoms with E-state index in [1.54, 1.807) is 5.57 Å². The Balaban J connectivity index is 1.52. The van der Waals surface area contributed by atoms with Gasteiger partial charge in [-0.2, -0.15) is 0 Å². The van der Waals surface area contributed by atoms with E-state index in [1.165, 1.54) is 44.9 Å². The van der Waals surface area contributed by atoms with Crippen molar-refractivity contribution in [3.05, 3.63) is 23.8 Å². The molecule has 0 radical (unpaired) electrons. The zero-order valence-electron chi connectivity index (χ0n) is 20.7. The van der Waals surface area contributed by atoms with Gasteiger partial charge in [-0.25, -0.2) is 0 Å². The van der Waals surface area contributed by atoms with Gasteiger partial charge in [0.2, 0.25) is 0 Å². The summed E-state index contributed by atoms with van der Waals surface area (Å²) in [6, 6.07) is 0. The number of aliphatic hydroxyl groups is 1. The highest BCUT2D eigenvalue weighted by Crippen LogP contribution is 2.67. The largest absolute Gasteiger partial charge is 0.393 e. The van der Waals surface area contributed by atoms with Crippen LogP contribution in [-0.2, 0) is 0 Å². The lowest BCUT2D eigenvalue weighted by Crippen LogP contribution is -2.50. The summed E-state index contributed by atoms with van der Waals surface area (Å²) in [5, 5.41) is 10.2. The van der Waals surface area contributed by atoms with Crippen molar-refractivity contribution in [2.24, 2.45) is 52.3 Å². The van der Waals surface area contributed by atoms with Crippen molar-refractivity contribution in [3.8, 4) is 0 Å². The lowest BCUT2D eigenvalue weighted by Gasteiger charge is -2.58. The van der Waals surface area contributed by atoms with Crippen LogP contribution >= 0.6 is 0 Å². The fraction of sp³-hybridized carbons (Fsp3) is 0.862. The lowest BCUT2D eigenvalue weighted by molar-refractivity contribution is -0.0540. The van der Waals surface area contributed by atoms with Crippen LogP contribution in [0.15, 0.2) is 23.8 Å². The van der Waals surface area contributed by atoms with E-state index >= 15 is 0 Å². The van der Waals surface area contributed by atoms with Gasteiger partial charge in [0.15, 0.2) is 0 Å². The van der Waals surface area contributed by atoms with E-state index in [2.05, 4.69) is 59.8 Å². The molecule has 0 aromatic heterocycles. The number of hydrogen-bond acceptors (Lipinski definition) is 1. The Labute approximate surface area is 186 Å². The van der Waals surface area contributed by atoms with E-state index in [0.29, 0.717) is 16.7 Å². The third kappa shape index (κ3) is 3.66. The Morgan fingerprint density at radius 3 is 2.50 bits per heavy atom. The molecule has 4 aliphatic rings. The quantitative estimate of drug-likeness (QED) is 0.457. The van der Waals surface area contributed by atoms with Crippen molar-refractivity contribution in [1.82, 2.24) is 0 Å². The Morgan fingerprint density at radius 2 is 1.80 bits per heavy atom. The van der Waals surface area contributed by atoms with E-state index < -0.39 is 0 Å². The minimum Gasteiger partial charge on any atom is -0.393 e. The van der Waals surface area contributed by atoms with Crippen LogP contribution in [0.4, 0.5) is 0 Å². The summed E-state index contributed by atoms with van der Waals surface area (Å²) in [6.07, 6.45) is 19.1. The summed E-state index contributed by atoms with van der Waals surface area (Å²) < 4.78 is 0. The molecule has 0 bridgehead atoms. The number of hydrogen-bond donors (Lipinski definition) is 1. The monoisotopic (exact) mass is 412 g/mol. The predicted octanol–water partition coefficient (Wildman–Crippen LogP) is 7.80. The second kappa shape index (κ2) is 8.42. The maximum atomic E-state index is 10.2. The SMILES string of the molecule is CCC(/C=C/[C@@H](C)C1CCC2C3CC=C4CC(O)CCC4(C)C3CCC21C)C(C)C. The molecule has 0 aliphatic heterocycles. The molecule has 0 amide bonds. The first-order chi connectivity index (χ1) is 14.2. The molecule has 3 saturated carbocycles. The average Bonchev–Trinajstić information content (AvgIpc) is 3.06. The van der Waals surface area contributed by atoms with Crippen LogP contribution in [0, 0.1) is 52.3 Å². The zero-order valence-corrected chi connectivity index (χ0v) is 20.7. The Hall–Kier alpha value is -0.560. The topological polar surface area (TPSA) is 20.2 Å². The van der Waals surface area contributed by atoms with Gasteiger partial charge in [-0.3, -0.25) is 0 Å².